The molecule has 0 unspecified atom stereocenters. The largest absolute Gasteiger partial charge is 0.354 e. The molecule has 1 aliphatic heterocycles. The molecule has 4 N–H and O–H groups in total. The van der Waals surface area contributed by atoms with E-state index in [-0.39, 0.29) is 25.4 Å². The van der Waals surface area contributed by atoms with E-state index in [4.69, 9.17) is 5.73 Å². The predicted molar refractivity (Wildman–Crippen MR) is 79.0 cm³/mol. The molecule has 1 atom stereocenters. The van der Waals surface area contributed by atoms with Crippen LogP contribution in [0.25, 0.3) is 0 Å². The van der Waals surface area contributed by atoms with E-state index in [0.717, 1.165) is 23.5 Å². The van der Waals surface area contributed by atoms with Crippen molar-refractivity contribution in [2.24, 2.45) is 5.73 Å². The Kier molecular flexibility index (Phi) is 6.97. The molecule has 0 fully saturated rings. The Labute approximate surface area is 128 Å². The van der Waals surface area contributed by atoms with Crippen molar-refractivity contribution in [2.45, 2.75) is 25.8 Å². The zero-order chi connectivity index (χ0) is 16.5. The molecule has 0 radical (unpaired) electrons. The van der Waals surface area contributed by atoms with Gasteiger partial charge in [-0.15, -0.1) is 0 Å². The van der Waals surface area contributed by atoms with E-state index in [1.54, 1.807) is 12.3 Å². The first-order chi connectivity index (χ1) is 10.5. The quantitative estimate of drug-likeness (QED) is 0.485. The molecule has 0 aromatic rings. The average Bonchev–Trinajstić information content (AvgIpc) is 2.81. The highest BCUT2D eigenvalue weighted by Gasteiger charge is 2.34. The van der Waals surface area contributed by atoms with Crippen molar-refractivity contribution in [3.8, 4) is 0 Å². The summed E-state index contributed by atoms with van der Waals surface area (Å²) in [4.78, 5) is 47.3. The van der Waals surface area contributed by atoms with Crippen LogP contribution in [0.2, 0.25) is 0 Å². The van der Waals surface area contributed by atoms with Crippen molar-refractivity contribution in [3.05, 3.63) is 24.4 Å². The molecule has 4 amide bonds. The average molecular weight is 308 g/mol. The summed E-state index contributed by atoms with van der Waals surface area (Å²) in [5.41, 5.74) is 5.47. The van der Waals surface area contributed by atoms with Crippen molar-refractivity contribution in [1.29, 1.82) is 0 Å². The van der Waals surface area contributed by atoms with Crippen LogP contribution in [-0.2, 0) is 19.2 Å². The highest BCUT2D eigenvalue weighted by molar-refractivity contribution is 6.15. The summed E-state index contributed by atoms with van der Waals surface area (Å²) in [7, 11) is 0. The SMILES string of the molecule is CC/C=C/NC(=O)CCNC(=O)[C@H](CN)N1C(=O)C=CC1=O. The molecule has 22 heavy (non-hydrogen) atoms. The fourth-order valence-electron chi connectivity index (χ4n) is 1.81. The smallest absolute Gasteiger partial charge is 0.254 e. The predicted octanol–water partition coefficient (Wildman–Crippen LogP) is -1.22. The molecule has 8 heteroatoms. The van der Waals surface area contributed by atoms with Crippen LogP contribution in [0, 0.1) is 0 Å². The van der Waals surface area contributed by atoms with E-state index in [9.17, 15) is 19.2 Å². The third-order valence-electron chi connectivity index (χ3n) is 2.93. The second-order valence-corrected chi connectivity index (χ2v) is 4.55. The molecule has 8 nitrogen and oxygen atoms in total. The molecule has 0 saturated heterocycles. The Morgan fingerprint density at radius 2 is 1.95 bits per heavy atom. The highest BCUT2D eigenvalue weighted by atomic mass is 16.2. The van der Waals surface area contributed by atoms with Gasteiger partial charge in [-0.05, 0) is 12.6 Å². The molecule has 1 heterocycles. The van der Waals surface area contributed by atoms with Crippen molar-refractivity contribution in [3.63, 3.8) is 0 Å². The number of hydrogen-bond donors (Lipinski definition) is 3. The van der Waals surface area contributed by atoms with Gasteiger partial charge in [0.15, 0.2) is 0 Å². The van der Waals surface area contributed by atoms with Crippen LogP contribution in [0.5, 0.6) is 0 Å². The van der Waals surface area contributed by atoms with Gasteiger partial charge in [0.1, 0.15) is 6.04 Å². The first-order valence-corrected chi connectivity index (χ1v) is 6.98. The van der Waals surface area contributed by atoms with E-state index in [1.165, 1.54) is 0 Å². The molecule has 0 aromatic carbocycles. The number of nitrogens with one attached hydrogen (secondary N) is 2. The molecule has 0 aliphatic carbocycles. The molecule has 0 aromatic heterocycles. The minimum Gasteiger partial charge on any atom is -0.354 e. The molecule has 1 rings (SSSR count). The summed E-state index contributed by atoms with van der Waals surface area (Å²) >= 11 is 0. The van der Waals surface area contributed by atoms with Gasteiger partial charge >= 0.3 is 0 Å². The van der Waals surface area contributed by atoms with Crippen molar-refractivity contribution < 1.29 is 19.2 Å². The van der Waals surface area contributed by atoms with Crippen LogP contribution in [0.4, 0.5) is 0 Å². The van der Waals surface area contributed by atoms with Gasteiger partial charge in [0.05, 0.1) is 0 Å². The molecule has 1 aliphatic rings. The van der Waals surface area contributed by atoms with E-state index < -0.39 is 23.8 Å². The van der Waals surface area contributed by atoms with Gasteiger partial charge < -0.3 is 16.4 Å². The lowest BCUT2D eigenvalue weighted by Crippen LogP contribution is -2.53. The lowest BCUT2D eigenvalue weighted by atomic mass is 10.2. The van der Waals surface area contributed by atoms with Crippen LogP contribution in [0.1, 0.15) is 19.8 Å². The van der Waals surface area contributed by atoms with Crippen LogP contribution in [0.15, 0.2) is 24.4 Å². The summed E-state index contributed by atoms with van der Waals surface area (Å²) in [5.74, 6) is -1.95. The molecule has 0 spiro atoms. The van der Waals surface area contributed by atoms with Gasteiger partial charge in [0.2, 0.25) is 11.8 Å². The van der Waals surface area contributed by atoms with Crippen molar-refractivity contribution >= 4 is 23.6 Å². The Bertz CT molecular complexity index is 495. The monoisotopic (exact) mass is 308 g/mol. The van der Waals surface area contributed by atoms with Crippen LogP contribution in [-0.4, -0.2) is 47.7 Å². The third kappa shape index (κ3) is 4.81. The molecule has 0 bridgehead atoms. The van der Waals surface area contributed by atoms with Gasteiger partial charge in [0, 0.05) is 31.7 Å². The number of carbonyl (C=O) groups is 4. The Morgan fingerprint density at radius 1 is 1.32 bits per heavy atom. The van der Waals surface area contributed by atoms with E-state index in [1.807, 2.05) is 6.92 Å². The van der Waals surface area contributed by atoms with Crippen LogP contribution in [0.3, 0.4) is 0 Å². The number of hydrogen-bond acceptors (Lipinski definition) is 5. The first kappa shape index (κ1) is 17.6. The summed E-state index contributed by atoms with van der Waals surface area (Å²) < 4.78 is 0. The second-order valence-electron chi connectivity index (χ2n) is 4.55. The minimum atomic E-state index is -1.07. The van der Waals surface area contributed by atoms with E-state index in [2.05, 4.69) is 10.6 Å². The lowest BCUT2D eigenvalue weighted by molar-refractivity contribution is -0.145. The van der Waals surface area contributed by atoms with Gasteiger partial charge in [-0.2, -0.15) is 0 Å². The fraction of sp³-hybridized carbons (Fsp3) is 0.429. The number of amides is 4. The standard InChI is InChI=1S/C14H20N4O4/c1-2-3-7-16-11(19)6-8-17-14(22)10(9-15)18-12(20)4-5-13(18)21/h3-5,7,10H,2,6,8-9,15H2,1H3,(H,16,19)(H,17,22)/b7-3+/t10-/m0/s1. The topological polar surface area (TPSA) is 122 Å². The number of nitrogens with zero attached hydrogens (tertiary/aromatic N) is 1. The normalized spacial score (nSPS) is 15.5. The summed E-state index contributed by atoms with van der Waals surface area (Å²) in [6.45, 7) is 1.84. The maximum Gasteiger partial charge on any atom is 0.254 e. The number of allylic oxidation sites excluding steroid dienone is 1. The number of carbonyl (C=O) groups excluding carboxylic acids is 4. The van der Waals surface area contributed by atoms with E-state index in [0.29, 0.717) is 0 Å². The Balaban J connectivity index is 2.43. The van der Waals surface area contributed by atoms with Gasteiger partial charge in [-0.25, -0.2) is 0 Å². The zero-order valence-corrected chi connectivity index (χ0v) is 12.4. The Hall–Kier alpha value is -2.48. The summed E-state index contributed by atoms with van der Waals surface area (Å²) in [6, 6.07) is -1.07. The zero-order valence-electron chi connectivity index (χ0n) is 12.4. The van der Waals surface area contributed by atoms with Gasteiger partial charge in [-0.3, -0.25) is 24.1 Å². The molecular weight excluding hydrogens is 288 g/mol. The lowest BCUT2D eigenvalue weighted by Gasteiger charge is -2.23. The van der Waals surface area contributed by atoms with Crippen molar-refractivity contribution in [2.75, 3.05) is 13.1 Å². The minimum absolute atomic E-state index is 0.0806. The van der Waals surface area contributed by atoms with Crippen LogP contribution >= 0.6 is 0 Å². The highest BCUT2D eigenvalue weighted by Crippen LogP contribution is 2.08. The fourth-order valence-corrected chi connectivity index (χ4v) is 1.81. The summed E-state index contributed by atoms with van der Waals surface area (Å²) in [6.07, 6.45) is 6.40. The van der Waals surface area contributed by atoms with Crippen molar-refractivity contribution in [1.82, 2.24) is 15.5 Å². The Morgan fingerprint density at radius 3 is 2.50 bits per heavy atom. The molecule has 120 valence electrons. The van der Waals surface area contributed by atoms with Crippen LogP contribution < -0.4 is 16.4 Å². The first-order valence-electron chi connectivity index (χ1n) is 6.98. The number of imide groups is 1. The van der Waals surface area contributed by atoms with Gasteiger partial charge in [-0.1, -0.05) is 13.0 Å². The third-order valence-corrected chi connectivity index (χ3v) is 2.93. The molecule has 0 saturated carbocycles. The maximum absolute atomic E-state index is 12.0. The number of nitrogens with two attached hydrogens (primary N) is 1. The second kappa shape index (κ2) is 8.73. The maximum atomic E-state index is 12.0. The summed E-state index contributed by atoms with van der Waals surface area (Å²) in [5, 5.41) is 5.04. The van der Waals surface area contributed by atoms with Gasteiger partial charge in [0.25, 0.3) is 11.8 Å². The molecular formula is C14H20N4O4. The number of rotatable bonds is 8. The van der Waals surface area contributed by atoms with E-state index >= 15 is 0 Å².